The van der Waals surface area contributed by atoms with Crippen molar-refractivity contribution in [3.63, 3.8) is 0 Å². The van der Waals surface area contributed by atoms with Gasteiger partial charge in [0, 0.05) is 30.2 Å². The quantitative estimate of drug-likeness (QED) is 0.772. The van der Waals surface area contributed by atoms with Crippen molar-refractivity contribution in [1.82, 2.24) is 9.88 Å². The molecule has 6 nitrogen and oxygen atoms in total. The molecule has 1 heterocycles. The maximum Gasteiger partial charge on any atom is 0.407 e. The van der Waals surface area contributed by atoms with Gasteiger partial charge in [0.2, 0.25) is 5.43 Å². The van der Waals surface area contributed by atoms with Gasteiger partial charge in [-0.1, -0.05) is 12.1 Å². The number of alkyl carbamates (subject to hydrolysis) is 1. The highest BCUT2D eigenvalue weighted by Gasteiger charge is 2.11. The van der Waals surface area contributed by atoms with Gasteiger partial charge in [0.05, 0.1) is 5.69 Å². The molecule has 0 radical (unpaired) electrons. The van der Waals surface area contributed by atoms with Crippen molar-refractivity contribution in [1.29, 1.82) is 0 Å². The Balaban J connectivity index is 1.84. The maximum absolute atomic E-state index is 11.9. The van der Waals surface area contributed by atoms with Crippen molar-refractivity contribution in [3.05, 3.63) is 58.0 Å². The average molecular weight is 362 g/mol. The molecule has 0 aliphatic rings. The van der Waals surface area contributed by atoms with E-state index >= 15 is 0 Å². The van der Waals surface area contributed by atoms with Crippen LogP contribution in [0.5, 0.6) is 5.75 Å². The van der Waals surface area contributed by atoms with Crippen molar-refractivity contribution in [2.75, 3.05) is 12.8 Å². The van der Waals surface area contributed by atoms with E-state index in [1.807, 2.05) is 37.4 Å². The number of benzene rings is 1. The molecule has 0 aliphatic heterocycles. The summed E-state index contributed by atoms with van der Waals surface area (Å²) in [6, 6.07) is 9.15. The number of carbonyl (C=O) groups is 1. The molecule has 1 aromatic heterocycles. The summed E-state index contributed by atoms with van der Waals surface area (Å²) in [6.07, 6.45) is 2.73. The first kappa shape index (κ1) is 18.9. The number of amides is 1. The van der Waals surface area contributed by atoms with Crippen molar-refractivity contribution < 1.29 is 14.6 Å². The molecule has 2 aromatic rings. The van der Waals surface area contributed by atoms with Crippen molar-refractivity contribution >= 4 is 17.9 Å². The molecule has 25 heavy (non-hydrogen) atoms. The zero-order chi connectivity index (χ0) is 18.4. The van der Waals surface area contributed by atoms with Gasteiger partial charge in [0.1, 0.15) is 6.10 Å². The molecule has 7 heteroatoms. The maximum atomic E-state index is 11.9. The Kier molecular flexibility index (Phi) is 6.52. The number of ether oxygens (including phenoxy) is 1. The predicted octanol–water partition coefficient (Wildman–Crippen LogP) is 3.07. The van der Waals surface area contributed by atoms with Gasteiger partial charge in [0.25, 0.3) is 0 Å². The molecular formula is C18H22N2O4S. The monoisotopic (exact) mass is 362 g/mol. The Bertz CT molecular complexity index is 787. The third-order valence-corrected chi connectivity index (χ3v) is 4.65. The highest BCUT2D eigenvalue weighted by molar-refractivity contribution is 7.98. The topological polar surface area (TPSA) is 80.6 Å². The van der Waals surface area contributed by atoms with Crippen LogP contribution in [0.1, 0.15) is 24.3 Å². The lowest BCUT2D eigenvalue weighted by Crippen LogP contribution is -2.29. The first-order valence-electron chi connectivity index (χ1n) is 7.90. The molecule has 0 saturated heterocycles. The number of hydrogen-bond donors (Lipinski definition) is 2. The van der Waals surface area contributed by atoms with E-state index in [4.69, 9.17) is 4.74 Å². The average Bonchev–Trinajstić information content (AvgIpc) is 2.61. The van der Waals surface area contributed by atoms with Crippen molar-refractivity contribution in [2.45, 2.75) is 31.4 Å². The second-order valence-corrected chi connectivity index (χ2v) is 6.43. The number of rotatable bonds is 6. The lowest BCUT2D eigenvalue weighted by atomic mass is 10.1. The predicted molar refractivity (Wildman–Crippen MR) is 98.2 cm³/mol. The van der Waals surface area contributed by atoms with E-state index in [0.717, 1.165) is 10.5 Å². The Morgan fingerprint density at radius 3 is 2.64 bits per heavy atom. The number of aromatic hydroxyl groups is 1. The summed E-state index contributed by atoms with van der Waals surface area (Å²) in [5.74, 6) is -0.271. The number of carbonyl (C=O) groups excluding carboxylic acids is 1. The Morgan fingerprint density at radius 2 is 2.00 bits per heavy atom. The SMILES string of the molecule is CSc1ccc([C@H](C)OC(=O)NCCn2ccc(=O)c(O)c2C)cc1. The molecule has 0 fully saturated rings. The smallest absolute Gasteiger partial charge is 0.407 e. The fourth-order valence-electron chi connectivity index (χ4n) is 2.33. The van der Waals surface area contributed by atoms with E-state index in [1.54, 1.807) is 29.4 Å². The van der Waals surface area contributed by atoms with Crippen LogP contribution in [0.3, 0.4) is 0 Å². The first-order valence-corrected chi connectivity index (χ1v) is 9.12. The molecule has 0 aliphatic carbocycles. The summed E-state index contributed by atoms with van der Waals surface area (Å²) in [5, 5.41) is 12.3. The number of aromatic nitrogens is 1. The van der Waals surface area contributed by atoms with Gasteiger partial charge in [-0.25, -0.2) is 4.79 Å². The molecule has 0 unspecified atom stereocenters. The zero-order valence-electron chi connectivity index (χ0n) is 14.5. The molecule has 2 rings (SSSR count). The minimum atomic E-state index is -0.510. The Hall–Kier alpha value is -2.41. The third kappa shape index (κ3) is 5.03. The van der Waals surface area contributed by atoms with Crippen molar-refractivity contribution in [3.8, 4) is 5.75 Å². The fraction of sp³-hybridized carbons (Fsp3) is 0.333. The summed E-state index contributed by atoms with van der Waals surface area (Å²) in [4.78, 5) is 24.4. The Labute approximate surface area is 150 Å². The van der Waals surface area contributed by atoms with Gasteiger partial charge < -0.3 is 19.7 Å². The molecule has 1 amide bonds. The highest BCUT2D eigenvalue weighted by Crippen LogP contribution is 2.21. The van der Waals surface area contributed by atoms with Crippen LogP contribution in [0.4, 0.5) is 4.79 Å². The molecule has 2 N–H and O–H groups in total. The molecule has 1 aromatic carbocycles. The van der Waals surface area contributed by atoms with E-state index in [9.17, 15) is 14.7 Å². The highest BCUT2D eigenvalue weighted by atomic mass is 32.2. The zero-order valence-corrected chi connectivity index (χ0v) is 15.3. The van der Waals surface area contributed by atoms with E-state index < -0.39 is 11.5 Å². The normalized spacial score (nSPS) is 11.8. The second-order valence-electron chi connectivity index (χ2n) is 5.55. The van der Waals surface area contributed by atoms with E-state index in [0.29, 0.717) is 18.8 Å². The third-order valence-electron chi connectivity index (χ3n) is 3.90. The fourth-order valence-corrected chi connectivity index (χ4v) is 2.74. The molecule has 134 valence electrons. The standard InChI is InChI=1S/C18H22N2O4S/c1-12-17(22)16(21)8-10-20(12)11-9-19-18(23)24-13(2)14-4-6-15(25-3)7-5-14/h4-8,10,13,22H,9,11H2,1-3H3,(H,19,23)/t13-/m0/s1. The van der Waals surface area contributed by atoms with Gasteiger partial charge in [-0.05, 0) is 37.8 Å². The molecule has 0 saturated carbocycles. The number of nitrogens with one attached hydrogen (secondary N) is 1. The van der Waals surface area contributed by atoms with Crippen LogP contribution in [0.25, 0.3) is 0 Å². The van der Waals surface area contributed by atoms with Crippen LogP contribution in [0.2, 0.25) is 0 Å². The summed E-state index contributed by atoms with van der Waals surface area (Å²) in [7, 11) is 0. The number of thioether (sulfide) groups is 1. The van der Waals surface area contributed by atoms with E-state index in [-0.39, 0.29) is 11.9 Å². The largest absolute Gasteiger partial charge is 0.503 e. The summed E-state index contributed by atoms with van der Waals surface area (Å²) < 4.78 is 7.05. The molecular weight excluding hydrogens is 340 g/mol. The number of hydrogen-bond acceptors (Lipinski definition) is 5. The summed E-state index contributed by atoms with van der Waals surface area (Å²) in [5.41, 5.74) is 0.974. The summed E-state index contributed by atoms with van der Waals surface area (Å²) in [6.45, 7) is 4.21. The minimum absolute atomic E-state index is 0.271. The second kappa shape index (κ2) is 8.62. The van der Waals surface area contributed by atoms with Crippen LogP contribution in [-0.2, 0) is 11.3 Å². The molecule has 0 spiro atoms. The minimum Gasteiger partial charge on any atom is -0.503 e. The van der Waals surface area contributed by atoms with Gasteiger partial charge in [-0.3, -0.25) is 4.79 Å². The van der Waals surface area contributed by atoms with Gasteiger partial charge in [-0.2, -0.15) is 0 Å². The molecule has 0 bridgehead atoms. The van der Waals surface area contributed by atoms with Gasteiger partial charge >= 0.3 is 6.09 Å². The van der Waals surface area contributed by atoms with E-state index in [1.165, 1.54) is 6.07 Å². The van der Waals surface area contributed by atoms with E-state index in [2.05, 4.69) is 5.32 Å². The lowest BCUT2D eigenvalue weighted by Gasteiger charge is -2.16. The molecule has 1 atom stereocenters. The van der Waals surface area contributed by atoms with Gasteiger partial charge in [-0.15, -0.1) is 11.8 Å². The lowest BCUT2D eigenvalue weighted by molar-refractivity contribution is 0.107. The number of pyridine rings is 1. The Morgan fingerprint density at radius 1 is 1.32 bits per heavy atom. The first-order chi connectivity index (χ1) is 11.9. The van der Waals surface area contributed by atoms with Crippen molar-refractivity contribution in [2.24, 2.45) is 0 Å². The van der Waals surface area contributed by atoms with Crippen LogP contribution < -0.4 is 10.7 Å². The van der Waals surface area contributed by atoms with Gasteiger partial charge in [0.15, 0.2) is 5.75 Å². The van der Waals surface area contributed by atoms with Crippen LogP contribution >= 0.6 is 11.8 Å². The van der Waals surface area contributed by atoms with Crippen LogP contribution in [0, 0.1) is 6.92 Å². The number of nitrogens with zero attached hydrogens (tertiary/aromatic N) is 1. The van der Waals surface area contributed by atoms with Crippen LogP contribution in [-0.4, -0.2) is 28.6 Å². The summed E-state index contributed by atoms with van der Waals surface area (Å²) >= 11 is 1.66. The van der Waals surface area contributed by atoms with Crippen LogP contribution in [0.15, 0.2) is 46.2 Å².